The van der Waals surface area contributed by atoms with Gasteiger partial charge < -0.3 is 25.4 Å². The van der Waals surface area contributed by atoms with E-state index in [0.29, 0.717) is 39.9 Å². The summed E-state index contributed by atoms with van der Waals surface area (Å²) in [6, 6.07) is 21.0. The Morgan fingerprint density at radius 2 is 1.76 bits per heavy atom. The van der Waals surface area contributed by atoms with E-state index in [1.807, 2.05) is 13.0 Å². The molecule has 216 valence electrons. The van der Waals surface area contributed by atoms with Gasteiger partial charge in [0.05, 0.1) is 19.5 Å². The van der Waals surface area contributed by atoms with Crippen molar-refractivity contribution in [2.45, 2.75) is 23.5 Å². The number of carbonyl (C=O) groups excluding carboxylic acids is 3. The zero-order valence-electron chi connectivity index (χ0n) is 23.2. The first-order valence-corrected chi connectivity index (χ1v) is 14.7. The molecule has 3 amide bonds. The van der Waals surface area contributed by atoms with E-state index >= 15 is 0 Å². The number of nitrogens with one attached hydrogen (secondary N) is 3. The van der Waals surface area contributed by atoms with Crippen LogP contribution in [0.3, 0.4) is 0 Å². The molecular formula is C31H30N4O5S2. The lowest BCUT2D eigenvalue weighted by atomic mass is 10.1. The third-order valence-electron chi connectivity index (χ3n) is 5.96. The van der Waals surface area contributed by atoms with Crippen LogP contribution in [0.1, 0.15) is 29.3 Å². The van der Waals surface area contributed by atoms with E-state index < -0.39 is 11.8 Å². The molecule has 0 aliphatic rings. The maximum absolute atomic E-state index is 13.6. The molecule has 9 nitrogen and oxygen atoms in total. The Morgan fingerprint density at radius 3 is 2.45 bits per heavy atom. The molecule has 0 saturated heterocycles. The molecule has 0 bridgehead atoms. The van der Waals surface area contributed by atoms with Crippen molar-refractivity contribution in [3.8, 4) is 11.5 Å². The molecule has 1 unspecified atom stereocenters. The monoisotopic (exact) mass is 602 g/mol. The van der Waals surface area contributed by atoms with E-state index in [9.17, 15) is 14.4 Å². The van der Waals surface area contributed by atoms with E-state index in [4.69, 9.17) is 9.47 Å². The van der Waals surface area contributed by atoms with Gasteiger partial charge in [-0.15, -0.1) is 23.1 Å². The summed E-state index contributed by atoms with van der Waals surface area (Å²) in [5, 5.41) is 10.4. The van der Waals surface area contributed by atoms with E-state index in [-0.39, 0.29) is 16.9 Å². The number of para-hydroxylation sites is 1. The molecule has 4 aromatic rings. The van der Waals surface area contributed by atoms with Crippen molar-refractivity contribution in [3.05, 3.63) is 101 Å². The number of hydrogen-bond donors (Lipinski definition) is 3. The standard InChI is InChI=1S/C31H30N4O5S2/c1-4-26(30(38)35-31-32-16-17-41-31)42-23-14-9-13-22(19-23)33-29(37)24(34-28(36)20-10-6-5-7-11-20)18-21-12-8-15-25(39-2)27(21)40-3/h5-19,26H,4H2,1-3H3,(H,33,37)(H,34,36)(H,32,35,38)/b24-18+. The number of thiazole rings is 1. The van der Waals surface area contributed by atoms with Crippen LogP contribution < -0.4 is 25.4 Å². The van der Waals surface area contributed by atoms with Gasteiger partial charge in [0.25, 0.3) is 11.8 Å². The number of ether oxygens (including phenoxy) is 2. The molecule has 0 aliphatic heterocycles. The Labute approximate surface area is 252 Å². The van der Waals surface area contributed by atoms with Crippen molar-refractivity contribution in [1.82, 2.24) is 10.3 Å². The van der Waals surface area contributed by atoms with E-state index in [1.54, 1.807) is 78.3 Å². The number of nitrogens with zero attached hydrogens (tertiary/aromatic N) is 1. The van der Waals surface area contributed by atoms with Crippen molar-refractivity contribution in [2.24, 2.45) is 0 Å². The molecule has 3 N–H and O–H groups in total. The Morgan fingerprint density at radius 1 is 0.976 bits per heavy atom. The highest BCUT2D eigenvalue weighted by molar-refractivity contribution is 8.00. The van der Waals surface area contributed by atoms with Gasteiger partial charge >= 0.3 is 0 Å². The average Bonchev–Trinajstić information content (AvgIpc) is 3.52. The lowest BCUT2D eigenvalue weighted by Crippen LogP contribution is -2.30. The van der Waals surface area contributed by atoms with Crippen LogP contribution in [0.15, 0.2) is 95.0 Å². The molecule has 0 spiro atoms. The van der Waals surface area contributed by atoms with Gasteiger partial charge in [0.1, 0.15) is 5.70 Å². The summed E-state index contributed by atoms with van der Waals surface area (Å²) < 4.78 is 10.9. The summed E-state index contributed by atoms with van der Waals surface area (Å²) in [5.41, 5.74) is 1.44. The second-order valence-corrected chi connectivity index (χ2v) is 11.0. The van der Waals surface area contributed by atoms with Crippen molar-refractivity contribution in [2.75, 3.05) is 24.9 Å². The molecule has 4 rings (SSSR count). The molecule has 1 aromatic heterocycles. The van der Waals surface area contributed by atoms with Crippen molar-refractivity contribution in [3.63, 3.8) is 0 Å². The fraction of sp³-hybridized carbons (Fsp3) is 0.161. The highest BCUT2D eigenvalue weighted by Crippen LogP contribution is 2.32. The van der Waals surface area contributed by atoms with Crippen molar-refractivity contribution in [1.29, 1.82) is 0 Å². The summed E-state index contributed by atoms with van der Waals surface area (Å²) in [4.78, 5) is 44.3. The Hall–Kier alpha value is -4.61. The molecule has 0 aliphatic carbocycles. The summed E-state index contributed by atoms with van der Waals surface area (Å²) in [6.07, 6.45) is 3.77. The number of thioether (sulfide) groups is 1. The maximum Gasteiger partial charge on any atom is 0.272 e. The Bertz CT molecular complexity index is 1560. The largest absolute Gasteiger partial charge is 0.493 e. The van der Waals surface area contributed by atoms with Gasteiger partial charge in [-0.1, -0.05) is 43.3 Å². The van der Waals surface area contributed by atoms with Crippen molar-refractivity contribution >= 4 is 57.7 Å². The number of amides is 3. The topological polar surface area (TPSA) is 119 Å². The molecule has 1 heterocycles. The highest BCUT2D eigenvalue weighted by atomic mass is 32.2. The van der Waals surface area contributed by atoms with Crippen LogP contribution in [-0.2, 0) is 9.59 Å². The minimum absolute atomic E-state index is 0.00252. The van der Waals surface area contributed by atoms with Gasteiger partial charge in [-0.05, 0) is 48.9 Å². The first kappa shape index (κ1) is 30.4. The smallest absolute Gasteiger partial charge is 0.272 e. The van der Waals surface area contributed by atoms with E-state index in [1.165, 1.54) is 43.4 Å². The quantitative estimate of drug-likeness (QED) is 0.133. The number of methoxy groups -OCH3 is 2. The Balaban J connectivity index is 1.57. The molecule has 0 radical (unpaired) electrons. The number of anilines is 2. The predicted molar refractivity (Wildman–Crippen MR) is 167 cm³/mol. The minimum atomic E-state index is -0.542. The minimum Gasteiger partial charge on any atom is -0.493 e. The average molecular weight is 603 g/mol. The molecule has 3 aromatic carbocycles. The predicted octanol–water partition coefficient (Wildman–Crippen LogP) is 6.08. The van der Waals surface area contributed by atoms with Gasteiger partial charge in [0.15, 0.2) is 16.6 Å². The normalized spacial score (nSPS) is 11.7. The lowest BCUT2D eigenvalue weighted by Gasteiger charge is -2.15. The van der Waals surface area contributed by atoms with Crippen LogP contribution in [0.25, 0.3) is 6.08 Å². The van der Waals surface area contributed by atoms with Gasteiger partial charge in [0.2, 0.25) is 5.91 Å². The summed E-state index contributed by atoms with van der Waals surface area (Å²) in [7, 11) is 3.02. The van der Waals surface area contributed by atoms with Crippen LogP contribution in [0, 0.1) is 0 Å². The SMILES string of the molecule is CCC(Sc1cccc(NC(=O)/C(=C\c2cccc(OC)c2OC)NC(=O)c2ccccc2)c1)C(=O)Nc1nccs1. The van der Waals surface area contributed by atoms with Crippen LogP contribution in [0.2, 0.25) is 0 Å². The number of hydrogen-bond acceptors (Lipinski definition) is 8. The van der Waals surface area contributed by atoms with Gasteiger partial charge in [-0.2, -0.15) is 0 Å². The van der Waals surface area contributed by atoms with Crippen LogP contribution in [0.4, 0.5) is 10.8 Å². The van der Waals surface area contributed by atoms with Gasteiger partial charge in [-0.25, -0.2) is 4.98 Å². The maximum atomic E-state index is 13.6. The highest BCUT2D eigenvalue weighted by Gasteiger charge is 2.20. The number of rotatable bonds is 12. The van der Waals surface area contributed by atoms with E-state index in [0.717, 1.165) is 4.90 Å². The third-order valence-corrected chi connectivity index (χ3v) is 8.00. The van der Waals surface area contributed by atoms with E-state index in [2.05, 4.69) is 20.9 Å². The molecule has 0 saturated carbocycles. The Kier molecular flexibility index (Phi) is 10.7. The van der Waals surface area contributed by atoms with Crippen molar-refractivity contribution < 1.29 is 23.9 Å². The fourth-order valence-corrected chi connectivity index (χ4v) is 5.47. The molecule has 42 heavy (non-hydrogen) atoms. The van der Waals surface area contributed by atoms with Gasteiger partial charge in [-0.3, -0.25) is 14.4 Å². The second kappa shape index (κ2) is 14.9. The third kappa shape index (κ3) is 7.99. The van der Waals surface area contributed by atoms with Crippen LogP contribution >= 0.6 is 23.1 Å². The van der Waals surface area contributed by atoms with Crippen LogP contribution in [-0.4, -0.2) is 42.2 Å². The first-order valence-electron chi connectivity index (χ1n) is 13.0. The summed E-state index contributed by atoms with van der Waals surface area (Å²) >= 11 is 2.74. The number of aromatic nitrogens is 1. The molecule has 0 fully saturated rings. The molecule has 1 atom stereocenters. The summed E-state index contributed by atoms with van der Waals surface area (Å²) in [6.45, 7) is 1.93. The summed E-state index contributed by atoms with van der Waals surface area (Å²) in [5.74, 6) is -0.234. The number of benzene rings is 3. The first-order chi connectivity index (χ1) is 20.4. The van der Waals surface area contributed by atoms with Crippen LogP contribution in [0.5, 0.6) is 11.5 Å². The number of carbonyl (C=O) groups is 3. The zero-order chi connectivity index (χ0) is 29.9. The lowest BCUT2D eigenvalue weighted by molar-refractivity contribution is -0.116. The molecule has 11 heteroatoms. The molecular weight excluding hydrogens is 572 g/mol. The fourth-order valence-electron chi connectivity index (χ4n) is 3.93. The van der Waals surface area contributed by atoms with Gasteiger partial charge in [0, 0.05) is 33.3 Å². The second-order valence-electron chi connectivity index (χ2n) is 8.78. The zero-order valence-corrected chi connectivity index (χ0v) is 24.9.